The minimum Gasteiger partial charge on any atom is -0.395 e. The Balaban J connectivity index is 2.47. The topological polar surface area (TPSA) is 72.2 Å². The number of rotatable bonds is 3. The molecule has 0 unspecified atom stereocenters. The maximum atomic E-state index is 13.6. The summed E-state index contributed by atoms with van der Waals surface area (Å²) in [6.07, 6.45) is 0. The minimum absolute atomic E-state index is 0.131. The summed E-state index contributed by atoms with van der Waals surface area (Å²) in [6, 6.07) is 4.63. The first-order chi connectivity index (χ1) is 9.72. The Hall–Kier alpha value is -1.74. The molecule has 9 heteroatoms. The Morgan fingerprint density at radius 1 is 1.05 bits per heavy atom. The molecule has 0 amide bonds. The first-order valence-electron chi connectivity index (χ1n) is 5.43. The van der Waals surface area contributed by atoms with Gasteiger partial charge < -0.3 is 5.73 Å². The van der Waals surface area contributed by atoms with E-state index < -0.39 is 43.7 Å². The molecule has 112 valence electrons. The normalized spacial score (nSPS) is 11.4. The number of nitrogens with one attached hydrogen (secondary N) is 1. The maximum Gasteiger partial charge on any atom is 0.264 e. The van der Waals surface area contributed by atoms with Gasteiger partial charge in [-0.15, -0.1) is 0 Å². The molecule has 0 aromatic heterocycles. The van der Waals surface area contributed by atoms with Gasteiger partial charge in [0.1, 0.15) is 22.3 Å². The van der Waals surface area contributed by atoms with Gasteiger partial charge in [0.15, 0.2) is 0 Å². The summed E-state index contributed by atoms with van der Waals surface area (Å²) in [5, 5.41) is 0. The van der Waals surface area contributed by atoms with Crippen molar-refractivity contribution in [1.29, 1.82) is 0 Å². The van der Waals surface area contributed by atoms with Gasteiger partial charge in [0.2, 0.25) is 0 Å². The van der Waals surface area contributed by atoms with E-state index in [-0.39, 0.29) is 4.47 Å². The molecule has 4 nitrogen and oxygen atoms in total. The molecule has 2 aromatic rings. The molecule has 0 aliphatic rings. The van der Waals surface area contributed by atoms with E-state index in [0.29, 0.717) is 6.07 Å². The van der Waals surface area contributed by atoms with E-state index in [2.05, 4.69) is 15.9 Å². The third kappa shape index (κ3) is 3.13. The van der Waals surface area contributed by atoms with Crippen LogP contribution >= 0.6 is 15.9 Å². The zero-order valence-corrected chi connectivity index (χ0v) is 12.6. The lowest BCUT2D eigenvalue weighted by atomic mass is 10.3. The largest absolute Gasteiger partial charge is 0.395 e. The van der Waals surface area contributed by atoms with E-state index in [1.165, 1.54) is 0 Å². The monoisotopic (exact) mass is 380 g/mol. The van der Waals surface area contributed by atoms with Crippen molar-refractivity contribution in [2.75, 3.05) is 10.5 Å². The molecule has 0 aliphatic heterocycles. The lowest BCUT2D eigenvalue weighted by Gasteiger charge is -2.11. The summed E-state index contributed by atoms with van der Waals surface area (Å²) in [5.74, 6) is -2.92. The molecule has 0 aliphatic carbocycles. The Kier molecular flexibility index (Phi) is 4.15. The summed E-state index contributed by atoms with van der Waals surface area (Å²) >= 11 is 2.81. The molecule has 0 fully saturated rings. The molecular formula is C12H8BrF3N2O2S. The van der Waals surface area contributed by atoms with Crippen molar-refractivity contribution in [3.05, 3.63) is 52.3 Å². The van der Waals surface area contributed by atoms with Crippen molar-refractivity contribution in [3.63, 3.8) is 0 Å². The molecule has 0 bridgehead atoms. The van der Waals surface area contributed by atoms with E-state index in [1.807, 2.05) is 4.72 Å². The van der Waals surface area contributed by atoms with Gasteiger partial charge in [0.05, 0.1) is 15.8 Å². The molecule has 0 saturated heterocycles. The smallest absolute Gasteiger partial charge is 0.264 e. The Labute approximate surface area is 127 Å². The van der Waals surface area contributed by atoms with Gasteiger partial charge >= 0.3 is 0 Å². The average molecular weight is 381 g/mol. The quantitative estimate of drug-likeness (QED) is 0.634. The van der Waals surface area contributed by atoms with Gasteiger partial charge in [0.25, 0.3) is 10.0 Å². The molecule has 0 atom stereocenters. The van der Waals surface area contributed by atoms with Crippen LogP contribution in [0.4, 0.5) is 24.5 Å². The number of nitrogens with two attached hydrogens (primary N) is 1. The van der Waals surface area contributed by atoms with Crippen molar-refractivity contribution in [2.45, 2.75) is 4.90 Å². The van der Waals surface area contributed by atoms with Crippen LogP contribution in [0.15, 0.2) is 39.7 Å². The van der Waals surface area contributed by atoms with Crippen LogP contribution in [0.3, 0.4) is 0 Å². The number of halogens is 4. The molecule has 0 heterocycles. The van der Waals surface area contributed by atoms with E-state index in [9.17, 15) is 21.6 Å². The predicted molar refractivity (Wildman–Crippen MR) is 75.7 cm³/mol. The number of nitrogen functional groups attached to an aromatic ring is 1. The van der Waals surface area contributed by atoms with Crippen molar-refractivity contribution >= 4 is 37.3 Å². The van der Waals surface area contributed by atoms with E-state index >= 15 is 0 Å². The number of benzene rings is 2. The number of para-hydroxylation sites is 1. The second-order valence-corrected chi connectivity index (χ2v) is 6.51. The lowest BCUT2D eigenvalue weighted by Crippen LogP contribution is -2.16. The molecular weight excluding hydrogens is 373 g/mol. The summed E-state index contributed by atoms with van der Waals surface area (Å²) in [7, 11) is -4.32. The number of hydrogen-bond donors (Lipinski definition) is 2. The van der Waals surface area contributed by atoms with Crippen LogP contribution in [0, 0.1) is 17.5 Å². The molecule has 2 aromatic carbocycles. The third-order valence-electron chi connectivity index (χ3n) is 2.56. The van der Waals surface area contributed by atoms with Crippen LogP contribution in [-0.2, 0) is 10.0 Å². The summed E-state index contributed by atoms with van der Waals surface area (Å²) in [4.78, 5) is -0.539. The van der Waals surface area contributed by atoms with Crippen molar-refractivity contribution in [3.8, 4) is 0 Å². The van der Waals surface area contributed by atoms with Gasteiger partial charge in [-0.3, -0.25) is 4.72 Å². The SMILES string of the molecule is Nc1c(F)cccc1S(=O)(=O)Nc1cc(Br)c(F)cc1F. The minimum atomic E-state index is -4.32. The fourth-order valence-corrected chi connectivity index (χ4v) is 3.10. The van der Waals surface area contributed by atoms with Crippen molar-refractivity contribution < 1.29 is 21.6 Å². The van der Waals surface area contributed by atoms with Crippen LogP contribution < -0.4 is 10.5 Å². The molecule has 0 saturated carbocycles. The first kappa shape index (κ1) is 15.6. The Morgan fingerprint density at radius 2 is 1.71 bits per heavy atom. The van der Waals surface area contributed by atoms with Gasteiger partial charge in [0, 0.05) is 6.07 Å². The van der Waals surface area contributed by atoms with Gasteiger partial charge in [-0.2, -0.15) is 0 Å². The molecule has 3 N–H and O–H groups in total. The summed E-state index contributed by atoms with van der Waals surface area (Å²) in [6.45, 7) is 0. The summed E-state index contributed by atoms with van der Waals surface area (Å²) in [5.41, 5.74) is 4.27. The lowest BCUT2D eigenvalue weighted by molar-refractivity contribution is 0.579. The summed E-state index contributed by atoms with van der Waals surface area (Å²) < 4.78 is 65.9. The fourth-order valence-electron chi connectivity index (χ4n) is 1.55. The molecule has 0 spiro atoms. The average Bonchev–Trinajstić information content (AvgIpc) is 2.38. The zero-order valence-electron chi connectivity index (χ0n) is 10.2. The second-order valence-electron chi connectivity index (χ2n) is 4.00. The van der Waals surface area contributed by atoms with Gasteiger partial charge in [-0.1, -0.05) is 6.07 Å². The first-order valence-corrected chi connectivity index (χ1v) is 7.71. The van der Waals surface area contributed by atoms with Gasteiger partial charge in [-0.05, 0) is 34.1 Å². The van der Waals surface area contributed by atoms with E-state index in [4.69, 9.17) is 5.73 Å². The number of anilines is 2. The van der Waals surface area contributed by atoms with Gasteiger partial charge in [-0.25, -0.2) is 21.6 Å². The van der Waals surface area contributed by atoms with Crippen LogP contribution in [0.25, 0.3) is 0 Å². The Bertz CT molecular complexity index is 812. The zero-order chi connectivity index (χ0) is 15.8. The van der Waals surface area contributed by atoms with Crippen molar-refractivity contribution in [2.24, 2.45) is 0 Å². The van der Waals surface area contributed by atoms with E-state index in [0.717, 1.165) is 24.3 Å². The second kappa shape index (κ2) is 5.57. The highest BCUT2D eigenvalue weighted by Crippen LogP contribution is 2.28. The molecule has 0 radical (unpaired) electrons. The van der Waals surface area contributed by atoms with Crippen LogP contribution in [-0.4, -0.2) is 8.42 Å². The molecule has 21 heavy (non-hydrogen) atoms. The predicted octanol–water partition coefficient (Wildman–Crippen LogP) is 3.25. The van der Waals surface area contributed by atoms with Crippen LogP contribution in [0.1, 0.15) is 0 Å². The van der Waals surface area contributed by atoms with Crippen molar-refractivity contribution in [1.82, 2.24) is 0 Å². The highest BCUT2D eigenvalue weighted by Gasteiger charge is 2.21. The Morgan fingerprint density at radius 3 is 2.38 bits per heavy atom. The third-order valence-corrected chi connectivity index (χ3v) is 4.59. The number of hydrogen-bond acceptors (Lipinski definition) is 3. The molecule has 2 rings (SSSR count). The highest BCUT2D eigenvalue weighted by atomic mass is 79.9. The highest BCUT2D eigenvalue weighted by molar-refractivity contribution is 9.10. The standard InChI is InChI=1S/C12H8BrF3N2O2S/c13-6-4-10(9(16)5-8(6)15)18-21(19,20)11-3-1-2-7(14)12(11)17/h1-5,18H,17H2. The number of sulfonamides is 1. The van der Waals surface area contributed by atoms with E-state index in [1.54, 1.807) is 0 Å². The van der Waals surface area contributed by atoms with Crippen LogP contribution in [0.5, 0.6) is 0 Å². The maximum absolute atomic E-state index is 13.6. The van der Waals surface area contributed by atoms with Crippen LogP contribution in [0.2, 0.25) is 0 Å². The fraction of sp³-hybridized carbons (Fsp3) is 0.